The maximum Gasteiger partial charge on any atom is 0.0836 e. The van der Waals surface area contributed by atoms with Gasteiger partial charge in [-0.1, -0.05) is 31.2 Å². The highest BCUT2D eigenvalue weighted by molar-refractivity contribution is 4.93. The summed E-state index contributed by atoms with van der Waals surface area (Å²) in [6.45, 7) is 10.6. The van der Waals surface area contributed by atoms with Gasteiger partial charge in [0.25, 0.3) is 0 Å². The standard InChI is InChI=1S/C10H19NO/c1-8(2)10(4)6-5-9(3)7-11-12/h9-10H,1,5-7H2,2-4H3/t9-,10+/m0/s1. The number of allylic oxidation sites excluding steroid dienone is 1. The van der Waals surface area contributed by atoms with Crippen LogP contribution in [-0.4, -0.2) is 6.54 Å². The predicted molar refractivity (Wildman–Crippen MR) is 53.0 cm³/mol. The molecule has 0 amide bonds. The van der Waals surface area contributed by atoms with Crippen molar-refractivity contribution in [3.05, 3.63) is 17.1 Å². The third kappa shape index (κ3) is 5.05. The quantitative estimate of drug-likeness (QED) is 0.442. The summed E-state index contributed by atoms with van der Waals surface area (Å²) < 4.78 is 0. The lowest BCUT2D eigenvalue weighted by Crippen LogP contribution is -2.03. The van der Waals surface area contributed by atoms with Crippen LogP contribution in [0.25, 0.3) is 0 Å². The summed E-state index contributed by atoms with van der Waals surface area (Å²) in [6, 6.07) is 0. The molecule has 0 fully saturated rings. The summed E-state index contributed by atoms with van der Waals surface area (Å²) in [5, 5.41) is 2.89. The Bertz CT molecular complexity index is 154. The maximum absolute atomic E-state index is 9.93. The summed E-state index contributed by atoms with van der Waals surface area (Å²) >= 11 is 0. The maximum atomic E-state index is 9.93. The van der Waals surface area contributed by atoms with Gasteiger partial charge in [0.15, 0.2) is 0 Å². The lowest BCUT2D eigenvalue weighted by atomic mass is 9.94. The monoisotopic (exact) mass is 169 g/mol. The molecule has 0 spiro atoms. The molecule has 2 atom stereocenters. The normalized spacial score (nSPS) is 15.2. The van der Waals surface area contributed by atoms with Crippen LogP contribution in [0.2, 0.25) is 0 Å². The molecule has 0 aromatic heterocycles. The number of nitrogens with zero attached hydrogens (tertiary/aromatic N) is 1. The Balaban J connectivity index is 3.53. The van der Waals surface area contributed by atoms with Crippen molar-refractivity contribution in [2.45, 2.75) is 33.6 Å². The number of hydrogen-bond donors (Lipinski definition) is 0. The highest BCUT2D eigenvalue weighted by atomic mass is 16.3. The van der Waals surface area contributed by atoms with Gasteiger partial charge < -0.3 is 0 Å². The molecule has 0 aliphatic carbocycles. The van der Waals surface area contributed by atoms with Crippen LogP contribution in [0.15, 0.2) is 17.3 Å². The average molecular weight is 169 g/mol. The van der Waals surface area contributed by atoms with E-state index >= 15 is 0 Å². The van der Waals surface area contributed by atoms with E-state index in [2.05, 4.69) is 25.6 Å². The van der Waals surface area contributed by atoms with E-state index in [1.165, 1.54) is 5.57 Å². The Labute approximate surface area is 75.0 Å². The highest BCUT2D eigenvalue weighted by Gasteiger charge is 2.06. The molecule has 2 heteroatoms. The van der Waals surface area contributed by atoms with Crippen LogP contribution in [0.4, 0.5) is 0 Å². The number of hydrogen-bond acceptors (Lipinski definition) is 2. The van der Waals surface area contributed by atoms with E-state index in [0.717, 1.165) is 12.8 Å². The van der Waals surface area contributed by atoms with Gasteiger partial charge in [-0.3, -0.25) is 0 Å². The van der Waals surface area contributed by atoms with Crippen molar-refractivity contribution >= 4 is 0 Å². The molecule has 12 heavy (non-hydrogen) atoms. The van der Waals surface area contributed by atoms with Crippen LogP contribution in [0, 0.1) is 16.7 Å². The van der Waals surface area contributed by atoms with E-state index < -0.39 is 0 Å². The zero-order valence-electron chi connectivity index (χ0n) is 8.34. The van der Waals surface area contributed by atoms with E-state index in [9.17, 15) is 4.91 Å². The van der Waals surface area contributed by atoms with Crippen LogP contribution in [0.3, 0.4) is 0 Å². The molecule has 70 valence electrons. The lowest BCUT2D eigenvalue weighted by molar-refractivity contribution is 0.468. The highest BCUT2D eigenvalue weighted by Crippen LogP contribution is 2.17. The Hall–Kier alpha value is -0.660. The first-order chi connectivity index (χ1) is 5.57. The van der Waals surface area contributed by atoms with Crippen molar-refractivity contribution in [3.8, 4) is 0 Å². The van der Waals surface area contributed by atoms with Crippen molar-refractivity contribution in [1.29, 1.82) is 0 Å². The van der Waals surface area contributed by atoms with Gasteiger partial charge in [-0.2, -0.15) is 4.91 Å². The third-order valence-electron chi connectivity index (χ3n) is 2.32. The fourth-order valence-corrected chi connectivity index (χ4v) is 0.999. The smallest absolute Gasteiger partial charge is 0.0836 e. The lowest BCUT2D eigenvalue weighted by Gasteiger charge is -2.12. The van der Waals surface area contributed by atoms with Crippen molar-refractivity contribution in [1.82, 2.24) is 0 Å². The molecule has 0 aromatic carbocycles. The molecule has 0 aromatic rings. The first kappa shape index (κ1) is 11.3. The van der Waals surface area contributed by atoms with E-state index in [-0.39, 0.29) is 0 Å². The second kappa shape index (κ2) is 5.92. The summed E-state index contributed by atoms with van der Waals surface area (Å²) in [6.07, 6.45) is 2.19. The molecular formula is C10H19NO. The van der Waals surface area contributed by atoms with E-state index in [4.69, 9.17) is 0 Å². The molecule has 0 bridgehead atoms. The molecular weight excluding hydrogens is 150 g/mol. The van der Waals surface area contributed by atoms with Crippen LogP contribution in [0.5, 0.6) is 0 Å². The summed E-state index contributed by atoms with van der Waals surface area (Å²) in [7, 11) is 0. The predicted octanol–water partition coefficient (Wildman–Crippen LogP) is 3.38. The van der Waals surface area contributed by atoms with E-state index in [1.807, 2.05) is 6.92 Å². The van der Waals surface area contributed by atoms with Gasteiger partial charge in [0.05, 0.1) is 6.54 Å². The van der Waals surface area contributed by atoms with Gasteiger partial charge in [-0.25, -0.2) is 0 Å². The van der Waals surface area contributed by atoms with Crippen molar-refractivity contribution in [2.75, 3.05) is 6.54 Å². The SMILES string of the molecule is C=C(C)[C@H](C)CC[C@H](C)CN=O. The largest absolute Gasteiger partial charge is 0.151 e. The summed E-state index contributed by atoms with van der Waals surface area (Å²) in [5.74, 6) is 0.989. The number of rotatable bonds is 6. The van der Waals surface area contributed by atoms with Gasteiger partial charge in [-0.15, -0.1) is 0 Å². The molecule has 0 aliphatic rings. The molecule has 0 heterocycles. The zero-order valence-corrected chi connectivity index (χ0v) is 8.34. The molecule has 0 unspecified atom stereocenters. The molecule has 2 nitrogen and oxygen atoms in total. The van der Waals surface area contributed by atoms with Gasteiger partial charge in [0, 0.05) is 0 Å². The molecule has 0 N–H and O–H groups in total. The van der Waals surface area contributed by atoms with Gasteiger partial charge >= 0.3 is 0 Å². The second-order valence-corrected chi connectivity index (χ2v) is 3.74. The average Bonchev–Trinajstić information content (AvgIpc) is 2.00. The fraction of sp³-hybridized carbons (Fsp3) is 0.800. The summed E-state index contributed by atoms with van der Waals surface area (Å²) in [5.41, 5.74) is 1.22. The minimum atomic E-state index is 0.421. The van der Waals surface area contributed by atoms with Crippen LogP contribution in [0.1, 0.15) is 33.6 Å². The van der Waals surface area contributed by atoms with Crippen LogP contribution in [-0.2, 0) is 0 Å². The van der Waals surface area contributed by atoms with Gasteiger partial charge in [0.1, 0.15) is 0 Å². The Morgan fingerprint density at radius 3 is 2.42 bits per heavy atom. The molecule has 0 saturated carbocycles. The molecule has 0 saturated heterocycles. The Kier molecular flexibility index (Phi) is 5.60. The molecule has 0 aliphatic heterocycles. The Morgan fingerprint density at radius 1 is 1.42 bits per heavy atom. The molecule has 0 radical (unpaired) electrons. The van der Waals surface area contributed by atoms with Crippen molar-refractivity contribution in [3.63, 3.8) is 0 Å². The first-order valence-electron chi connectivity index (χ1n) is 4.52. The van der Waals surface area contributed by atoms with Crippen LogP contribution >= 0.6 is 0 Å². The van der Waals surface area contributed by atoms with Crippen molar-refractivity contribution < 1.29 is 0 Å². The Morgan fingerprint density at radius 2 is 2.00 bits per heavy atom. The van der Waals surface area contributed by atoms with E-state index in [0.29, 0.717) is 18.4 Å². The fourth-order valence-electron chi connectivity index (χ4n) is 0.999. The van der Waals surface area contributed by atoms with Gasteiger partial charge in [-0.05, 0) is 31.6 Å². The minimum absolute atomic E-state index is 0.421. The molecule has 0 rings (SSSR count). The topological polar surface area (TPSA) is 29.4 Å². The third-order valence-corrected chi connectivity index (χ3v) is 2.32. The number of nitroso groups, excluding NO2 is 1. The van der Waals surface area contributed by atoms with Crippen LogP contribution < -0.4 is 0 Å². The van der Waals surface area contributed by atoms with Gasteiger partial charge in [0.2, 0.25) is 0 Å². The first-order valence-corrected chi connectivity index (χ1v) is 4.52. The second-order valence-electron chi connectivity index (χ2n) is 3.74. The van der Waals surface area contributed by atoms with Crippen molar-refractivity contribution in [2.24, 2.45) is 17.0 Å². The zero-order chi connectivity index (χ0) is 9.56. The summed E-state index contributed by atoms with van der Waals surface area (Å²) in [4.78, 5) is 9.93. The minimum Gasteiger partial charge on any atom is -0.151 e. The van der Waals surface area contributed by atoms with E-state index in [1.54, 1.807) is 0 Å².